The Morgan fingerprint density at radius 3 is 2.80 bits per heavy atom. The Bertz CT molecular complexity index is 390. The van der Waals surface area contributed by atoms with Gasteiger partial charge in [0.1, 0.15) is 5.75 Å². The molecule has 3 heteroatoms. The van der Waals surface area contributed by atoms with Gasteiger partial charge in [-0.3, -0.25) is 0 Å². The molecular formula is C17H28N2O. The van der Waals surface area contributed by atoms with Crippen LogP contribution < -0.4 is 5.32 Å². The maximum atomic E-state index is 9.27. The molecule has 1 aliphatic heterocycles. The molecule has 1 fully saturated rings. The van der Waals surface area contributed by atoms with Gasteiger partial charge in [-0.1, -0.05) is 19.1 Å². The van der Waals surface area contributed by atoms with Crippen molar-refractivity contribution in [3.63, 3.8) is 0 Å². The molecule has 1 saturated heterocycles. The predicted molar refractivity (Wildman–Crippen MR) is 84.1 cm³/mol. The third-order valence-corrected chi connectivity index (χ3v) is 4.51. The summed E-state index contributed by atoms with van der Waals surface area (Å²) in [6.07, 6.45) is 3.71. The summed E-state index contributed by atoms with van der Waals surface area (Å²) in [5, 5.41) is 12.9. The summed E-state index contributed by atoms with van der Waals surface area (Å²) >= 11 is 0. The van der Waals surface area contributed by atoms with Crippen molar-refractivity contribution in [3.05, 3.63) is 29.8 Å². The molecule has 0 aliphatic carbocycles. The molecule has 0 amide bonds. The SMILES string of the molecule is CCN1CCCC(C(C)NCCc2ccc(O)cc2)C1. The number of rotatable bonds is 6. The summed E-state index contributed by atoms with van der Waals surface area (Å²) in [5.41, 5.74) is 1.28. The number of nitrogens with one attached hydrogen (secondary N) is 1. The van der Waals surface area contributed by atoms with Crippen molar-refractivity contribution >= 4 is 0 Å². The van der Waals surface area contributed by atoms with Gasteiger partial charge in [-0.15, -0.1) is 0 Å². The highest BCUT2D eigenvalue weighted by Crippen LogP contribution is 2.19. The second-order valence-corrected chi connectivity index (χ2v) is 5.95. The number of piperidine rings is 1. The van der Waals surface area contributed by atoms with Crippen molar-refractivity contribution in [1.82, 2.24) is 10.2 Å². The van der Waals surface area contributed by atoms with E-state index in [1.807, 2.05) is 12.1 Å². The van der Waals surface area contributed by atoms with Gasteiger partial charge in [0.25, 0.3) is 0 Å². The van der Waals surface area contributed by atoms with Gasteiger partial charge in [-0.05, 0) is 69.4 Å². The third-order valence-electron chi connectivity index (χ3n) is 4.51. The van der Waals surface area contributed by atoms with E-state index in [4.69, 9.17) is 0 Å². The van der Waals surface area contributed by atoms with E-state index in [1.165, 1.54) is 38.0 Å². The zero-order valence-electron chi connectivity index (χ0n) is 12.8. The number of benzene rings is 1. The Balaban J connectivity index is 1.71. The summed E-state index contributed by atoms with van der Waals surface area (Å²) in [6.45, 7) is 9.27. The zero-order chi connectivity index (χ0) is 14.4. The van der Waals surface area contributed by atoms with Gasteiger partial charge in [0.2, 0.25) is 0 Å². The highest BCUT2D eigenvalue weighted by molar-refractivity contribution is 5.25. The fourth-order valence-electron chi connectivity index (χ4n) is 3.06. The summed E-state index contributed by atoms with van der Waals surface area (Å²) < 4.78 is 0. The van der Waals surface area contributed by atoms with Gasteiger partial charge in [0, 0.05) is 12.6 Å². The van der Waals surface area contributed by atoms with Crippen LogP contribution in [0.5, 0.6) is 5.75 Å². The van der Waals surface area contributed by atoms with Crippen LogP contribution in [0.4, 0.5) is 0 Å². The smallest absolute Gasteiger partial charge is 0.115 e. The Labute approximate surface area is 123 Å². The highest BCUT2D eigenvalue weighted by atomic mass is 16.3. The van der Waals surface area contributed by atoms with Crippen LogP contribution in [0, 0.1) is 5.92 Å². The van der Waals surface area contributed by atoms with E-state index in [0.717, 1.165) is 18.9 Å². The van der Waals surface area contributed by atoms with Gasteiger partial charge < -0.3 is 15.3 Å². The average molecular weight is 276 g/mol. The Kier molecular flexibility index (Phi) is 5.86. The molecule has 1 heterocycles. The van der Waals surface area contributed by atoms with Crippen molar-refractivity contribution in [1.29, 1.82) is 0 Å². The topological polar surface area (TPSA) is 35.5 Å². The molecule has 1 aromatic rings. The molecule has 0 aromatic heterocycles. The molecule has 2 unspecified atom stereocenters. The molecule has 112 valence electrons. The molecule has 2 rings (SSSR count). The van der Waals surface area contributed by atoms with Gasteiger partial charge in [-0.25, -0.2) is 0 Å². The van der Waals surface area contributed by atoms with Gasteiger partial charge in [-0.2, -0.15) is 0 Å². The molecule has 20 heavy (non-hydrogen) atoms. The first-order valence-corrected chi connectivity index (χ1v) is 7.92. The highest BCUT2D eigenvalue weighted by Gasteiger charge is 2.23. The molecule has 2 atom stereocenters. The minimum Gasteiger partial charge on any atom is -0.508 e. The fraction of sp³-hybridized carbons (Fsp3) is 0.647. The summed E-state index contributed by atoms with van der Waals surface area (Å²) in [7, 11) is 0. The molecule has 0 saturated carbocycles. The fourth-order valence-corrected chi connectivity index (χ4v) is 3.06. The van der Waals surface area contributed by atoms with Crippen LogP contribution >= 0.6 is 0 Å². The Morgan fingerprint density at radius 1 is 1.35 bits per heavy atom. The first-order valence-electron chi connectivity index (χ1n) is 7.92. The lowest BCUT2D eigenvalue weighted by atomic mass is 9.91. The second kappa shape index (κ2) is 7.65. The van der Waals surface area contributed by atoms with E-state index in [0.29, 0.717) is 11.8 Å². The monoisotopic (exact) mass is 276 g/mol. The molecule has 1 aliphatic rings. The molecule has 3 nitrogen and oxygen atoms in total. The lowest BCUT2D eigenvalue weighted by molar-refractivity contribution is 0.157. The Morgan fingerprint density at radius 2 is 2.10 bits per heavy atom. The lowest BCUT2D eigenvalue weighted by Gasteiger charge is -2.35. The van der Waals surface area contributed by atoms with Crippen LogP contribution in [-0.4, -0.2) is 42.2 Å². The van der Waals surface area contributed by atoms with Crippen molar-refractivity contribution < 1.29 is 5.11 Å². The number of hydrogen-bond acceptors (Lipinski definition) is 3. The van der Waals surface area contributed by atoms with Crippen molar-refractivity contribution in [2.24, 2.45) is 5.92 Å². The van der Waals surface area contributed by atoms with Gasteiger partial charge in [0.15, 0.2) is 0 Å². The second-order valence-electron chi connectivity index (χ2n) is 5.95. The summed E-state index contributed by atoms with van der Waals surface area (Å²) in [6, 6.07) is 8.11. The van der Waals surface area contributed by atoms with Crippen LogP contribution in [0.15, 0.2) is 24.3 Å². The van der Waals surface area contributed by atoms with Crippen molar-refractivity contribution in [2.45, 2.75) is 39.2 Å². The number of phenols is 1. The number of hydrogen-bond donors (Lipinski definition) is 2. The largest absolute Gasteiger partial charge is 0.508 e. The maximum Gasteiger partial charge on any atom is 0.115 e. The first kappa shape index (κ1) is 15.3. The van der Waals surface area contributed by atoms with Crippen LogP contribution in [0.1, 0.15) is 32.3 Å². The van der Waals surface area contributed by atoms with Crippen molar-refractivity contribution in [3.8, 4) is 5.75 Å². The minimum absolute atomic E-state index is 0.344. The zero-order valence-corrected chi connectivity index (χ0v) is 12.8. The molecule has 2 N–H and O–H groups in total. The van der Waals surface area contributed by atoms with Crippen LogP contribution in [0.3, 0.4) is 0 Å². The number of aromatic hydroxyl groups is 1. The van der Waals surface area contributed by atoms with Gasteiger partial charge in [0.05, 0.1) is 0 Å². The molecule has 1 aromatic carbocycles. The quantitative estimate of drug-likeness (QED) is 0.838. The lowest BCUT2D eigenvalue weighted by Crippen LogP contribution is -2.44. The van der Waals surface area contributed by atoms with E-state index in [2.05, 4.69) is 24.1 Å². The summed E-state index contributed by atoms with van der Waals surface area (Å²) in [4.78, 5) is 2.56. The van der Waals surface area contributed by atoms with E-state index < -0.39 is 0 Å². The predicted octanol–water partition coefficient (Wildman–Crippen LogP) is 2.64. The summed E-state index contributed by atoms with van der Waals surface area (Å²) in [5.74, 6) is 1.13. The van der Waals surface area contributed by atoms with E-state index in [1.54, 1.807) is 12.1 Å². The molecular weight excluding hydrogens is 248 g/mol. The maximum absolute atomic E-state index is 9.27. The average Bonchev–Trinajstić information content (AvgIpc) is 2.49. The van der Waals surface area contributed by atoms with Crippen LogP contribution in [0.2, 0.25) is 0 Å². The van der Waals surface area contributed by atoms with Crippen LogP contribution in [-0.2, 0) is 6.42 Å². The third kappa shape index (κ3) is 4.50. The minimum atomic E-state index is 0.344. The number of phenolic OH excluding ortho intramolecular Hbond substituents is 1. The standard InChI is InChI=1S/C17H28N2O/c1-3-19-12-4-5-16(13-19)14(2)18-11-10-15-6-8-17(20)9-7-15/h6-9,14,16,18,20H,3-5,10-13H2,1-2H3. The molecule has 0 spiro atoms. The molecule has 0 bridgehead atoms. The number of nitrogens with zero attached hydrogens (tertiary/aromatic N) is 1. The van der Waals surface area contributed by atoms with E-state index in [-0.39, 0.29) is 0 Å². The Hall–Kier alpha value is -1.06. The first-order chi connectivity index (χ1) is 9.69. The van der Waals surface area contributed by atoms with Gasteiger partial charge >= 0.3 is 0 Å². The number of likely N-dealkylation sites (tertiary alicyclic amines) is 1. The molecule has 0 radical (unpaired) electrons. The van der Waals surface area contributed by atoms with E-state index in [9.17, 15) is 5.11 Å². The normalized spacial score (nSPS) is 21.8. The van der Waals surface area contributed by atoms with Crippen LogP contribution in [0.25, 0.3) is 0 Å². The van der Waals surface area contributed by atoms with Crippen molar-refractivity contribution in [2.75, 3.05) is 26.2 Å². The van der Waals surface area contributed by atoms with E-state index >= 15 is 0 Å².